The fourth-order valence-electron chi connectivity index (χ4n) is 2.37. The Kier molecular flexibility index (Phi) is 3.15. The maximum absolute atomic E-state index is 13.1. The van der Waals surface area contributed by atoms with Gasteiger partial charge in [0.2, 0.25) is 0 Å². The molecule has 1 aliphatic heterocycles. The Bertz CT molecular complexity index is 435. The summed E-state index contributed by atoms with van der Waals surface area (Å²) in [5, 5.41) is 9.26. The first-order chi connectivity index (χ1) is 8.02. The first-order valence-corrected chi connectivity index (χ1v) is 5.75. The van der Waals surface area contributed by atoms with Gasteiger partial charge >= 0.3 is 5.97 Å². The highest BCUT2D eigenvalue weighted by molar-refractivity contribution is 5.78. The van der Waals surface area contributed by atoms with Crippen LogP contribution in [0.3, 0.4) is 0 Å². The third-order valence-electron chi connectivity index (χ3n) is 3.51. The highest BCUT2D eigenvalue weighted by atomic mass is 19.1. The molecule has 1 atom stereocenters. The van der Waals surface area contributed by atoms with Crippen LogP contribution >= 0.6 is 0 Å². The minimum atomic E-state index is -0.813. The van der Waals surface area contributed by atoms with Crippen molar-refractivity contribution >= 4 is 5.97 Å². The summed E-state index contributed by atoms with van der Waals surface area (Å²) in [6.45, 7) is 2.97. The first-order valence-electron chi connectivity index (χ1n) is 5.75. The van der Waals surface area contributed by atoms with Crippen molar-refractivity contribution in [2.45, 2.75) is 31.8 Å². The van der Waals surface area contributed by atoms with Gasteiger partial charge in [-0.25, -0.2) is 4.39 Å². The molecule has 3 nitrogen and oxygen atoms in total. The minimum Gasteiger partial charge on any atom is -0.480 e. The number of carboxylic acids is 1. The van der Waals surface area contributed by atoms with Crippen LogP contribution in [0.5, 0.6) is 0 Å². The third kappa shape index (κ3) is 2.31. The zero-order valence-electron chi connectivity index (χ0n) is 9.82. The van der Waals surface area contributed by atoms with E-state index in [1.165, 1.54) is 12.1 Å². The predicted octanol–water partition coefficient (Wildman–Crippen LogP) is 2.26. The van der Waals surface area contributed by atoms with Gasteiger partial charge in [0.1, 0.15) is 11.4 Å². The lowest BCUT2D eigenvalue weighted by atomic mass is 9.99. The van der Waals surface area contributed by atoms with Crippen molar-refractivity contribution in [1.29, 1.82) is 0 Å². The molecule has 0 radical (unpaired) electrons. The van der Waals surface area contributed by atoms with E-state index in [0.717, 1.165) is 18.5 Å². The Morgan fingerprint density at radius 2 is 2.35 bits per heavy atom. The highest BCUT2D eigenvalue weighted by Gasteiger charge is 2.43. The highest BCUT2D eigenvalue weighted by Crippen LogP contribution is 2.30. The number of aliphatic carboxylic acids is 1. The largest absolute Gasteiger partial charge is 0.480 e. The second-order valence-electron chi connectivity index (χ2n) is 4.73. The van der Waals surface area contributed by atoms with Gasteiger partial charge in [-0.15, -0.1) is 0 Å². The quantitative estimate of drug-likeness (QED) is 0.876. The zero-order chi connectivity index (χ0) is 12.5. The van der Waals surface area contributed by atoms with Gasteiger partial charge in [0, 0.05) is 6.54 Å². The molecule has 0 aliphatic carbocycles. The number of rotatable bonds is 3. The van der Waals surface area contributed by atoms with Crippen LogP contribution < -0.4 is 0 Å². The topological polar surface area (TPSA) is 40.5 Å². The van der Waals surface area contributed by atoms with Gasteiger partial charge in [0.15, 0.2) is 0 Å². The zero-order valence-corrected chi connectivity index (χ0v) is 9.82. The molecule has 1 aliphatic rings. The van der Waals surface area contributed by atoms with Crippen LogP contribution in [-0.2, 0) is 11.3 Å². The molecule has 1 aromatic carbocycles. The Labute approximate surface area is 99.9 Å². The van der Waals surface area contributed by atoms with Crippen molar-refractivity contribution in [2.24, 2.45) is 0 Å². The van der Waals surface area contributed by atoms with Crippen molar-refractivity contribution in [3.05, 3.63) is 35.6 Å². The summed E-state index contributed by atoms with van der Waals surface area (Å²) >= 11 is 0. The molecule has 0 amide bonds. The van der Waals surface area contributed by atoms with Gasteiger partial charge < -0.3 is 5.11 Å². The van der Waals surface area contributed by atoms with Gasteiger partial charge in [-0.3, -0.25) is 9.69 Å². The van der Waals surface area contributed by atoms with Crippen molar-refractivity contribution < 1.29 is 14.3 Å². The molecule has 2 rings (SSSR count). The molecule has 0 bridgehead atoms. The molecule has 0 saturated carbocycles. The first kappa shape index (κ1) is 12.0. The number of likely N-dealkylation sites (tertiary alicyclic amines) is 1. The molecule has 17 heavy (non-hydrogen) atoms. The van der Waals surface area contributed by atoms with E-state index in [1.54, 1.807) is 13.0 Å². The van der Waals surface area contributed by atoms with Gasteiger partial charge in [-0.2, -0.15) is 0 Å². The summed E-state index contributed by atoms with van der Waals surface area (Å²) in [4.78, 5) is 13.2. The number of carboxylic acid groups (broad SMARTS) is 1. The van der Waals surface area contributed by atoms with Crippen LogP contribution in [-0.4, -0.2) is 28.1 Å². The predicted molar refractivity (Wildman–Crippen MR) is 62.1 cm³/mol. The number of hydrogen-bond donors (Lipinski definition) is 1. The Hall–Kier alpha value is -1.42. The minimum absolute atomic E-state index is 0.279. The monoisotopic (exact) mass is 237 g/mol. The van der Waals surface area contributed by atoms with Gasteiger partial charge in [0.25, 0.3) is 0 Å². The summed E-state index contributed by atoms with van der Waals surface area (Å²) in [5.41, 5.74) is 0.00569. The summed E-state index contributed by atoms with van der Waals surface area (Å²) in [6, 6.07) is 6.33. The third-order valence-corrected chi connectivity index (χ3v) is 3.51. The summed E-state index contributed by atoms with van der Waals surface area (Å²) in [5.74, 6) is -1.08. The summed E-state index contributed by atoms with van der Waals surface area (Å²) in [6.07, 6.45) is 1.52. The van der Waals surface area contributed by atoms with Crippen molar-refractivity contribution in [3.8, 4) is 0 Å². The van der Waals surface area contributed by atoms with E-state index in [2.05, 4.69) is 0 Å². The van der Waals surface area contributed by atoms with Crippen LogP contribution in [0.25, 0.3) is 0 Å². The maximum Gasteiger partial charge on any atom is 0.323 e. The van der Waals surface area contributed by atoms with Gasteiger partial charge in [0.05, 0.1) is 0 Å². The molecule has 0 aromatic heterocycles. The molecule has 1 fully saturated rings. The van der Waals surface area contributed by atoms with Crippen molar-refractivity contribution in [3.63, 3.8) is 0 Å². The number of nitrogens with zero attached hydrogens (tertiary/aromatic N) is 1. The average Bonchev–Trinajstić information content (AvgIpc) is 2.62. The molecule has 1 saturated heterocycles. The molecule has 1 aromatic rings. The maximum atomic E-state index is 13.1. The Morgan fingerprint density at radius 1 is 1.59 bits per heavy atom. The molecular weight excluding hydrogens is 221 g/mol. The lowest BCUT2D eigenvalue weighted by molar-refractivity contribution is -0.148. The van der Waals surface area contributed by atoms with E-state index in [4.69, 9.17) is 0 Å². The van der Waals surface area contributed by atoms with E-state index in [9.17, 15) is 14.3 Å². The molecule has 1 heterocycles. The van der Waals surface area contributed by atoms with Crippen LogP contribution in [0, 0.1) is 5.82 Å². The van der Waals surface area contributed by atoms with Crippen LogP contribution in [0.15, 0.2) is 24.3 Å². The van der Waals surface area contributed by atoms with Crippen molar-refractivity contribution in [2.75, 3.05) is 6.54 Å². The molecule has 1 unspecified atom stereocenters. The number of hydrogen-bond acceptors (Lipinski definition) is 2. The second kappa shape index (κ2) is 4.45. The fraction of sp³-hybridized carbons (Fsp3) is 0.462. The molecular formula is C13H16FNO2. The van der Waals surface area contributed by atoms with E-state index in [1.807, 2.05) is 11.0 Å². The summed E-state index contributed by atoms with van der Waals surface area (Å²) < 4.78 is 13.1. The molecule has 0 spiro atoms. The standard InChI is InChI=1S/C13H16FNO2/c1-13(12(16)17)6-3-7-15(13)9-10-4-2-5-11(14)8-10/h2,4-5,8H,3,6-7,9H2,1H3,(H,16,17). The second-order valence-corrected chi connectivity index (χ2v) is 4.73. The number of carbonyl (C=O) groups is 1. The smallest absolute Gasteiger partial charge is 0.323 e. The normalized spacial score (nSPS) is 25.1. The van der Waals surface area contributed by atoms with Gasteiger partial charge in [-0.1, -0.05) is 12.1 Å². The molecule has 92 valence electrons. The van der Waals surface area contributed by atoms with E-state index >= 15 is 0 Å². The van der Waals surface area contributed by atoms with Crippen LogP contribution in [0.1, 0.15) is 25.3 Å². The fourth-order valence-corrected chi connectivity index (χ4v) is 2.37. The Morgan fingerprint density at radius 3 is 3.00 bits per heavy atom. The number of halogens is 1. The SMILES string of the molecule is CC1(C(=O)O)CCCN1Cc1cccc(F)c1. The molecule has 4 heteroatoms. The lowest BCUT2D eigenvalue weighted by Crippen LogP contribution is -2.47. The van der Waals surface area contributed by atoms with Crippen LogP contribution in [0.4, 0.5) is 4.39 Å². The average molecular weight is 237 g/mol. The van der Waals surface area contributed by atoms with Crippen molar-refractivity contribution in [1.82, 2.24) is 4.90 Å². The van der Waals surface area contributed by atoms with E-state index in [-0.39, 0.29) is 5.82 Å². The van der Waals surface area contributed by atoms with Crippen LogP contribution in [0.2, 0.25) is 0 Å². The van der Waals surface area contributed by atoms with E-state index in [0.29, 0.717) is 13.0 Å². The van der Waals surface area contributed by atoms with Gasteiger partial charge in [-0.05, 0) is 44.0 Å². The summed E-state index contributed by atoms with van der Waals surface area (Å²) in [7, 11) is 0. The number of benzene rings is 1. The lowest BCUT2D eigenvalue weighted by Gasteiger charge is -2.31. The molecule has 1 N–H and O–H groups in total. The Balaban J connectivity index is 2.16. The van der Waals surface area contributed by atoms with E-state index < -0.39 is 11.5 Å².